The maximum Gasteiger partial charge on any atom is 0.233 e. The molecule has 8 heteroatoms. The van der Waals surface area contributed by atoms with Crippen molar-refractivity contribution in [2.24, 2.45) is 0 Å². The Morgan fingerprint density at radius 2 is 2.27 bits per heavy atom. The number of carbonyl (C=O) groups excluding carboxylic acids is 1. The summed E-state index contributed by atoms with van der Waals surface area (Å²) in [5.41, 5.74) is 0.884. The van der Waals surface area contributed by atoms with E-state index < -0.39 is 0 Å². The number of likely N-dealkylation sites (tertiary alicyclic amines) is 1. The van der Waals surface area contributed by atoms with Crippen molar-refractivity contribution in [1.82, 2.24) is 19.7 Å². The summed E-state index contributed by atoms with van der Waals surface area (Å²) in [6.45, 7) is 0.822. The first kappa shape index (κ1) is 17.6. The van der Waals surface area contributed by atoms with Crippen molar-refractivity contribution < 1.29 is 4.79 Å². The number of thioether (sulfide) groups is 1. The van der Waals surface area contributed by atoms with E-state index in [4.69, 9.17) is 11.6 Å². The predicted molar refractivity (Wildman–Crippen MR) is 105 cm³/mol. The predicted octanol–water partition coefficient (Wildman–Crippen LogP) is 4.44. The van der Waals surface area contributed by atoms with E-state index >= 15 is 0 Å². The van der Waals surface area contributed by atoms with Crippen LogP contribution in [0.3, 0.4) is 0 Å². The number of nitrogens with zero attached hydrogens (tertiary/aromatic N) is 4. The van der Waals surface area contributed by atoms with Crippen molar-refractivity contribution in [3.8, 4) is 5.69 Å². The molecule has 3 heterocycles. The van der Waals surface area contributed by atoms with Gasteiger partial charge in [-0.3, -0.25) is 9.36 Å². The van der Waals surface area contributed by atoms with Crippen LogP contribution in [0.4, 0.5) is 0 Å². The Labute approximate surface area is 165 Å². The van der Waals surface area contributed by atoms with Crippen molar-refractivity contribution in [3.63, 3.8) is 0 Å². The van der Waals surface area contributed by atoms with Gasteiger partial charge in [0.2, 0.25) is 5.91 Å². The number of hydrogen-bond acceptors (Lipinski definition) is 5. The molecule has 2 aromatic heterocycles. The summed E-state index contributed by atoms with van der Waals surface area (Å²) in [6.07, 6.45) is 3.73. The number of thiophene rings is 1. The molecule has 134 valence electrons. The molecule has 0 radical (unpaired) electrons. The SMILES string of the molecule is O=C(CSc1nncn1-c1cccc(Cl)c1)N1CCCC1c1cccs1. The van der Waals surface area contributed by atoms with Gasteiger partial charge in [0.05, 0.1) is 17.5 Å². The van der Waals surface area contributed by atoms with Gasteiger partial charge in [0.25, 0.3) is 0 Å². The van der Waals surface area contributed by atoms with Gasteiger partial charge in [0.15, 0.2) is 5.16 Å². The quantitative estimate of drug-likeness (QED) is 0.590. The summed E-state index contributed by atoms with van der Waals surface area (Å²) >= 11 is 9.20. The number of benzene rings is 1. The molecule has 1 unspecified atom stereocenters. The topological polar surface area (TPSA) is 51.0 Å². The van der Waals surface area contributed by atoms with E-state index in [1.54, 1.807) is 17.7 Å². The lowest BCUT2D eigenvalue weighted by Gasteiger charge is -2.23. The molecule has 5 nitrogen and oxygen atoms in total. The van der Waals surface area contributed by atoms with Gasteiger partial charge in [-0.1, -0.05) is 35.5 Å². The van der Waals surface area contributed by atoms with Gasteiger partial charge in [-0.2, -0.15) is 0 Å². The summed E-state index contributed by atoms with van der Waals surface area (Å²) in [5, 5.41) is 11.5. The first-order chi connectivity index (χ1) is 12.7. The van der Waals surface area contributed by atoms with E-state index in [0.717, 1.165) is 25.1 Å². The number of hydrogen-bond donors (Lipinski definition) is 0. The Hall–Kier alpha value is -1.83. The molecule has 0 N–H and O–H groups in total. The molecule has 1 atom stereocenters. The Morgan fingerprint density at radius 3 is 3.08 bits per heavy atom. The third-order valence-electron chi connectivity index (χ3n) is 4.37. The van der Waals surface area contributed by atoms with E-state index in [9.17, 15) is 4.79 Å². The van der Waals surface area contributed by atoms with Crippen LogP contribution in [0.25, 0.3) is 5.69 Å². The summed E-state index contributed by atoms with van der Waals surface area (Å²) in [4.78, 5) is 16.0. The van der Waals surface area contributed by atoms with E-state index in [0.29, 0.717) is 15.9 Å². The summed E-state index contributed by atoms with van der Waals surface area (Å²) in [7, 11) is 0. The maximum absolute atomic E-state index is 12.8. The molecular formula is C18H17ClN4OS2. The minimum absolute atomic E-state index is 0.145. The van der Waals surface area contributed by atoms with Gasteiger partial charge in [0, 0.05) is 16.4 Å². The standard InChI is InChI=1S/C18H17ClN4OS2/c19-13-4-1-5-14(10-13)23-12-20-21-18(23)26-11-17(24)22-8-2-6-15(22)16-7-3-9-25-16/h1,3-5,7,9-10,12,15H,2,6,8,11H2. The number of rotatable bonds is 5. The van der Waals surface area contributed by atoms with Crippen molar-refractivity contribution in [2.45, 2.75) is 24.0 Å². The number of halogens is 1. The molecule has 4 rings (SSSR count). The number of carbonyl (C=O) groups is 1. The lowest BCUT2D eigenvalue weighted by Crippen LogP contribution is -2.31. The zero-order valence-electron chi connectivity index (χ0n) is 13.9. The maximum atomic E-state index is 12.8. The largest absolute Gasteiger partial charge is 0.334 e. The highest BCUT2D eigenvalue weighted by Gasteiger charge is 2.30. The Bertz CT molecular complexity index is 896. The highest BCUT2D eigenvalue weighted by atomic mass is 35.5. The fraction of sp³-hybridized carbons (Fsp3) is 0.278. The fourth-order valence-corrected chi connectivity index (χ4v) is 5.05. The van der Waals surface area contributed by atoms with Crippen LogP contribution < -0.4 is 0 Å². The summed E-state index contributed by atoms with van der Waals surface area (Å²) in [6, 6.07) is 11.9. The average Bonchev–Trinajstić information content (AvgIpc) is 3.40. The minimum Gasteiger partial charge on any atom is -0.334 e. The molecule has 0 spiro atoms. The van der Waals surface area contributed by atoms with E-state index in [1.807, 2.05) is 39.8 Å². The van der Waals surface area contributed by atoms with Gasteiger partial charge < -0.3 is 4.90 Å². The molecule has 3 aromatic rings. The molecule has 1 saturated heterocycles. The number of amides is 1. The molecule has 0 bridgehead atoms. The van der Waals surface area contributed by atoms with Crippen LogP contribution in [-0.4, -0.2) is 37.9 Å². The average molecular weight is 405 g/mol. The summed E-state index contributed by atoms with van der Waals surface area (Å²) in [5.74, 6) is 0.493. The van der Waals surface area contributed by atoms with Crippen LogP contribution in [0, 0.1) is 0 Å². The van der Waals surface area contributed by atoms with E-state index in [1.165, 1.54) is 16.6 Å². The minimum atomic E-state index is 0.145. The molecule has 0 aliphatic carbocycles. The van der Waals surface area contributed by atoms with Crippen LogP contribution in [0.15, 0.2) is 53.3 Å². The zero-order chi connectivity index (χ0) is 17.9. The van der Waals surface area contributed by atoms with Crippen molar-refractivity contribution in [2.75, 3.05) is 12.3 Å². The monoisotopic (exact) mass is 404 g/mol. The Kier molecular flexibility index (Phi) is 5.28. The van der Waals surface area contributed by atoms with Crippen LogP contribution in [0.2, 0.25) is 5.02 Å². The van der Waals surface area contributed by atoms with Crippen molar-refractivity contribution in [1.29, 1.82) is 0 Å². The molecule has 1 aliphatic heterocycles. The molecule has 1 aliphatic rings. The van der Waals surface area contributed by atoms with Crippen LogP contribution in [0.1, 0.15) is 23.8 Å². The Morgan fingerprint density at radius 1 is 1.35 bits per heavy atom. The van der Waals surface area contributed by atoms with Gasteiger partial charge in [-0.15, -0.1) is 21.5 Å². The number of aromatic nitrogens is 3. The normalized spacial score (nSPS) is 17.0. The van der Waals surface area contributed by atoms with Crippen LogP contribution in [0.5, 0.6) is 0 Å². The fourth-order valence-electron chi connectivity index (χ4n) is 3.18. The Balaban J connectivity index is 1.45. The highest BCUT2D eigenvalue weighted by Crippen LogP contribution is 2.35. The molecule has 1 amide bonds. The second-order valence-corrected chi connectivity index (χ2v) is 8.37. The van der Waals surface area contributed by atoms with Crippen LogP contribution >= 0.6 is 34.7 Å². The van der Waals surface area contributed by atoms with Gasteiger partial charge in [-0.25, -0.2) is 0 Å². The molecule has 0 saturated carbocycles. The smallest absolute Gasteiger partial charge is 0.233 e. The van der Waals surface area contributed by atoms with Crippen molar-refractivity contribution in [3.05, 3.63) is 58.0 Å². The molecule has 1 fully saturated rings. The first-order valence-corrected chi connectivity index (χ1v) is 10.6. The van der Waals surface area contributed by atoms with Gasteiger partial charge in [-0.05, 0) is 42.5 Å². The zero-order valence-corrected chi connectivity index (χ0v) is 16.3. The second kappa shape index (κ2) is 7.82. The van der Waals surface area contributed by atoms with E-state index in [-0.39, 0.29) is 11.9 Å². The van der Waals surface area contributed by atoms with Gasteiger partial charge in [0.1, 0.15) is 6.33 Å². The first-order valence-electron chi connectivity index (χ1n) is 8.34. The lowest BCUT2D eigenvalue weighted by atomic mass is 10.2. The molecule has 26 heavy (non-hydrogen) atoms. The summed E-state index contributed by atoms with van der Waals surface area (Å²) < 4.78 is 1.85. The highest BCUT2D eigenvalue weighted by molar-refractivity contribution is 7.99. The third kappa shape index (κ3) is 3.65. The second-order valence-electron chi connectivity index (χ2n) is 6.01. The van der Waals surface area contributed by atoms with Crippen LogP contribution in [-0.2, 0) is 4.79 Å². The van der Waals surface area contributed by atoms with E-state index in [2.05, 4.69) is 21.6 Å². The van der Waals surface area contributed by atoms with Crippen molar-refractivity contribution >= 4 is 40.6 Å². The molecular weight excluding hydrogens is 388 g/mol. The third-order valence-corrected chi connectivity index (χ3v) is 6.51. The lowest BCUT2D eigenvalue weighted by molar-refractivity contribution is -0.129. The van der Waals surface area contributed by atoms with Gasteiger partial charge >= 0.3 is 0 Å². The molecule has 1 aromatic carbocycles.